The lowest BCUT2D eigenvalue weighted by Crippen LogP contribution is -2.44. The second-order valence-electron chi connectivity index (χ2n) is 5.93. The topological polar surface area (TPSA) is 45.6 Å². The van der Waals surface area contributed by atoms with Gasteiger partial charge in [-0.15, -0.1) is 0 Å². The first-order valence-electron chi connectivity index (χ1n) is 7.80. The van der Waals surface area contributed by atoms with Crippen LogP contribution in [0, 0.1) is 5.82 Å². The number of carbonyl (C=O) groups excluding carboxylic acids is 1. The molecule has 0 aliphatic carbocycles. The number of aldehydes is 1. The SMILES string of the molecule is CCn1cc(C=O)c(=O)c2cc(F)c(N3CCN(C)CC3)cc21. The van der Waals surface area contributed by atoms with Crippen LogP contribution in [0.2, 0.25) is 0 Å². The Kier molecular flexibility index (Phi) is 4.17. The highest BCUT2D eigenvalue weighted by molar-refractivity contribution is 5.88. The standard InChI is InChI=1S/C17H20FN3O2/c1-3-20-10-12(11-22)17(23)13-8-14(18)16(9-15(13)20)21-6-4-19(2)5-7-21/h8-11H,3-7H2,1-2H3. The lowest BCUT2D eigenvalue weighted by atomic mass is 10.1. The monoisotopic (exact) mass is 317 g/mol. The number of rotatable bonds is 3. The van der Waals surface area contributed by atoms with E-state index in [1.165, 1.54) is 6.07 Å². The summed E-state index contributed by atoms with van der Waals surface area (Å²) >= 11 is 0. The fourth-order valence-electron chi connectivity index (χ4n) is 3.06. The number of halogens is 1. The molecule has 5 nitrogen and oxygen atoms in total. The zero-order chi connectivity index (χ0) is 16.6. The quantitative estimate of drug-likeness (QED) is 0.809. The molecule has 23 heavy (non-hydrogen) atoms. The van der Waals surface area contributed by atoms with Gasteiger partial charge >= 0.3 is 0 Å². The van der Waals surface area contributed by atoms with Gasteiger partial charge in [-0.1, -0.05) is 0 Å². The van der Waals surface area contributed by atoms with Crippen LogP contribution in [-0.2, 0) is 6.54 Å². The summed E-state index contributed by atoms with van der Waals surface area (Å²) in [5, 5.41) is 0.256. The molecule has 1 fully saturated rings. The van der Waals surface area contributed by atoms with E-state index in [0.717, 1.165) is 26.2 Å². The molecular weight excluding hydrogens is 297 g/mol. The number of anilines is 1. The number of benzene rings is 1. The molecule has 0 unspecified atom stereocenters. The molecule has 1 aliphatic rings. The van der Waals surface area contributed by atoms with Gasteiger partial charge in [0.05, 0.1) is 16.8 Å². The van der Waals surface area contributed by atoms with E-state index >= 15 is 0 Å². The number of nitrogens with zero attached hydrogens (tertiary/aromatic N) is 3. The van der Waals surface area contributed by atoms with Crippen molar-refractivity contribution in [1.29, 1.82) is 0 Å². The average Bonchev–Trinajstić information content (AvgIpc) is 2.56. The summed E-state index contributed by atoms with van der Waals surface area (Å²) in [5.41, 5.74) is 0.833. The average molecular weight is 317 g/mol. The van der Waals surface area contributed by atoms with E-state index < -0.39 is 11.2 Å². The molecule has 0 spiro atoms. The summed E-state index contributed by atoms with van der Waals surface area (Å²) in [4.78, 5) is 27.5. The molecule has 0 radical (unpaired) electrons. The van der Waals surface area contributed by atoms with E-state index in [2.05, 4.69) is 4.90 Å². The van der Waals surface area contributed by atoms with Crippen LogP contribution < -0.4 is 10.3 Å². The van der Waals surface area contributed by atoms with E-state index in [-0.39, 0.29) is 10.9 Å². The first kappa shape index (κ1) is 15.7. The minimum Gasteiger partial charge on any atom is -0.367 e. The molecule has 6 heteroatoms. The number of aryl methyl sites for hydroxylation is 1. The van der Waals surface area contributed by atoms with Crippen LogP contribution in [0.25, 0.3) is 10.9 Å². The molecule has 1 aliphatic heterocycles. The summed E-state index contributed by atoms with van der Waals surface area (Å²) in [6, 6.07) is 3.00. The lowest BCUT2D eigenvalue weighted by molar-refractivity contribution is 0.112. The number of aromatic nitrogens is 1. The zero-order valence-corrected chi connectivity index (χ0v) is 13.4. The Morgan fingerprint density at radius 3 is 2.52 bits per heavy atom. The predicted octanol–water partition coefficient (Wildman–Crippen LogP) is 1.72. The van der Waals surface area contributed by atoms with Crippen molar-refractivity contribution in [3.05, 3.63) is 39.9 Å². The van der Waals surface area contributed by atoms with Gasteiger partial charge in [0.15, 0.2) is 11.7 Å². The van der Waals surface area contributed by atoms with Gasteiger partial charge in [-0.25, -0.2) is 4.39 Å². The highest BCUT2D eigenvalue weighted by Crippen LogP contribution is 2.26. The summed E-state index contributed by atoms with van der Waals surface area (Å²) in [7, 11) is 2.05. The highest BCUT2D eigenvalue weighted by Gasteiger charge is 2.19. The number of piperazine rings is 1. The van der Waals surface area contributed by atoms with Crippen LogP contribution in [0.1, 0.15) is 17.3 Å². The van der Waals surface area contributed by atoms with Crippen molar-refractivity contribution < 1.29 is 9.18 Å². The maximum Gasteiger partial charge on any atom is 0.199 e. The summed E-state index contributed by atoms with van der Waals surface area (Å²) in [5.74, 6) is -0.412. The number of likely N-dealkylation sites (N-methyl/N-ethyl adjacent to an activating group) is 1. The second-order valence-corrected chi connectivity index (χ2v) is 5.93. The smallest absolute Gasteiger partial charge is 0.199 e. The number of pyridine rings is 1. The van der Waals surface area contributed by atoms with Gasteiger partial charge in [-0.2, -0.15) is 0 Å². The Balaban J connectivity index is 2.17. The van der Waals surface area contributed by atoms with Crippen molar-refractivity contribution in [2.45, 2.75) is 13.5 Å². The molecule has 2 aromatic rings. The van der Waals surface area contributed by atoms with Gasteiger partial charge in [0.25, 0.3) is 0 Å². The van der Waals surface area contributed by atoms with E-state index in [4.69, 9.17) is 0 Å². The first-order chi connectivity index (χ1) is 11.0. The van der Waals surface area contributed by atoms with Gasteiger partial charge in [0.1, 0.15) is 5.82 Å². The Morgan fingerprint density at radius 1 is 1.22 bits per heavy atom. The van der Waals surface area contributed by atoms with Crippen LogP contribution in [0.3, 0.4) is 0 Å². The van der Waals surface area contributed by atoms with Gasteiger partial charge in [-0.05, 0) is 26.1 Å². The van der Waals surface area contributed by atoms with Gasteiger partial charge < -0.3 is 14.4 Å². The van der Waals surface area contributed by atoms with Gasteiger partial charge in [0, 0.05) is 44.3 Å². The van der Waals surface area contributed by atoms with Crippen molar-refractivity contribution in [1.82, 2.24) is 9.47 Å². The number of fused-ring (bicyclic) bond motifs is 1. The zero-order valence-electron chi connectivity index (χ0n) is 13.4. The van der Waals surface area contributed by atoms with Crippen molar-refractivity contribution in [3.8, 4) is 0 Å². The van der Waals surface area contributed by atoms with Crippen LogP contribution >= 0.6 is 0 Å². The molecule has 1 saturated heterocycles. The van der Waals surface area contributed by atoms with Crippen molar-refractivity contribution in [2.75, 3.05) is 38.1 Å². The maximum atomic E-state index is 14.6. The van der Waals surface area contributed by atoms with Crippen molar-refractivity contribution >= 4 is 22.9 Å². The third kappa shape index (κ3) is 2.74. The third-order valence-electron chi connectivity index (χ3n) is 4.49. The van der Waals surface area contributed by atoms with E-state index in [1.807, 2.05) is 23.4 Å². The highest BCUT2D eigenvalue weighted by atomic mass is 19.1. The number of hydrogen-bond acceptors (Lipinski definition) is 4. The van der Waals surface area contributed by atoms with Crippen LogP contribution in [0.15, 0.2) is 23.1 Å². The number of hydrogen-bond donors (Lipinski definition) is 0. The second kappa shape index (κ2) is 6.12. The normalized spacial score (nSPS) is 16.0. The number of carbonyl (C=O) groups is 1. The van der Waals surface area contributed by atoms with Gasteiger partial charge in [0.2, 0.25) is 0 Å². The first-order valence-corrected chi connectivity index (χ1v) is 7.80. The molecule has 0 atom stereocenters. The predicted molar refractivity (Wildman–Crippen MR) is 88.9 cm³/mol. The molecule has 0 saturated carbocycles. The van der Waals surface area contributed by atoms with Crippen LogP contribution in [-0.4, -0.2) is 49.0 Å². The third-order valence-corrected chi connectivity index (χ3v) is 4.49. The fourth-order valence-corrected chi connectivity index (χ4v) is 3.06. The van der Waals surface area contributed by atoms with Crippen LogP contribution in [0.4, 0.5) is 10.1 Å². The molecule has 122 valence electrons. The Morgan fingerprint density at radius 2 is 1.91 bits per heavy atom. The molecule has 0 N–H and O–H groups in total. The Labute approximate surface area is 133 Å². The fraction of sp³-hybridized carbons (Fsp3) is 0.412. The van der Waals surface area contributed by atoms with Crippen LogP contribution in [0.5, 0.6) is 0 Å². The minimum absolute atomic E-state index is 0.0612. The van der Waals surface area contributed by atoms with Crippen molar-refractivity contribution in [2.24, 2.45) is 0 Å². The molecule has 1 aromatic heterocycles. The Hall–Kier alpha value is -2.21. The largest absolute Gasteiger partial charge is 0.367 e. The van der Waals surface area contributed by atoms with Gasteiger partial charge in [-0.3, -0.25) is 9.59 Å². The van der Waals surface area contributed by atoms with E-state index in [1.54, 1.807) is 12.3 Å². The Bertz CT molecular complexity index is 808. The molecule has 0 bridgehead atoms. The lowest BCUT2D eigenvalue weighted by Gasteiger charge is -2.34. The molecule has 2 heterocycles. The van der Waals surface area contributed by atoms with Crippen molar-refractivity contribution in [3.63, 3.8) is 0 Å². The summed E-state index contributed by atoms with van der Waals surface area (Å²) < 4.78 is 16.4. The molecule has 1 aromatic carbocycles. The summed E-state index contributed by atoms with van der Waals surface area (Å²) in [6.45, 7) is 5.79. The summed E-state index contributed by atoms with van der Waals surface area (Å²) in [6.07, 6.45) is 2.07. The maximum absolute atomic E-state index is 14.6. The minimum atomic E-state index is -0.413. The molecular formula is C17H20FN3O2. The molecule has 3 rings (SSSR count). The van der Waals surface area contributed by atoms with E-state index in [9.17, 15) is 14.0 Å². The molecule has 0 amide bonds. The van der Waals surface area contributed by atoms with E-state index in [0.29, 0.717) is 24.0 Å².